The number of carbonyl (C=O) groups excluding carboxylic acids is 2. The first-order valence-electron chi connectivity index (χ1n) is 13.0. The number of halogens is 1. The molecule has 1 aliphatic rings. The zero-order chi connectivity index (χ0) is 30.1. The van der Waals surface area contributed by atoms with E-state index in [-0.39, 0.29) is 37.3 Å². The van der Waals surface area contributed by atoms with Gasteiger partial charge in [-0.25, -0.2) is 9.59 Å². The molecular weight excluding hydrogens is 554 g/mol. The van der Waals surface area contributed by atoms with Gasteiger partial charge in [0, 0.05) is 24.9 Å². The lowest BCUT2D eigenvalue weighted by atomic mass is 9.97. The fourth-order valence-corrected chi connectivity index (χ4v) is 4.70. The number of nitrogens with two attached hydrogens (primary N) is 1. The molecule has 0 aromatic heterocycles. The molecule has 0 spiro atoms. The van der Waals surface area contributed by atoms with Crippen LogP contribution in [0.1, 0.15) is 40.9 Å². The summed E-state index contributed by atoms with van der Waals surface area (Å²) in [5.74, 6) is -1.26. The first-order chi connectivity index (χ1) is 19.6. The van der Waals surface area contributed by atoms with Gasteiger partial charge in [-0.1, -0.05) is 24.6 Å². The Labute approximate surface area is 243 Å². The van der Waals surface area contributed by atoms with E-state index in [0.717, 1.165) is 4.90 Å². The molecule has 2 aromatic carbocycles. The lowest BCUT2D eigenvalue weighted by molar-refractivity contribution is -0.131. The fourth-order valence-electron chi connectivity index (χ4n) is 4.51. The molecule has 0 saturated heterocycles. The molecule has 5 N–H and O–H groups in total. The summed E-state index contributed by atoms with van der Waals surface area (Å²) in [6.45, 7) is 2.12. The molecule has 0 aliphatic carbocycles. The molecule has 3 rings (SSSR count). The second-order valence-electron chi connectivity index (χ2n) is 9.41. The van der Waals surface area contributed by atoms with E-state index < -0.39 is 36.2 Å². The molecule has 1 heterocycles. The molecule has 0 fully saturated rings. The molecule has 1 aliphatic heterocycles. The van der Waals surface area contributed by atoms with Gasteiger partial charge < -0.3 is 35.7 Å². The number of nitrogens with zero attached hydrogens (tertiary/aromatic N) is 2. The highest BCUT2D eigenvalue weighted by Gasteiger charge is 2.34. The highest BCUT2D eigenvalue weighted by Crippen LogP contribution is 2.27. The van der Waals surface area contributed by atoms with Crippen molar-refractivity contribution in [1.29, 1.82) is 0 Å². The number of aromatic carboxylic acids is 1. The number of rotatable bonds is 11. The Bertz CT molecular complexity index is 1280. The van der Waals surface area contributed by atoms with Crippen LogP contribution >= 0.6 is 11.6 Å². The van der Waals surface area contributed by atoms with Gasteiger partial charge in [0.1, 0.15) is 11.6 Å². The number of benzene rings is 2. The fraction of sp³-hybridized carbons (Fsp3) is 0.429. The number of nitrogen functional groups attached to an aromatic ring is 1. The van der Waals surface area contributed by atoms with Crippen LogP contribution < -0.4 is 21.1 Å². The van der Waals surface area contributed by atoms with Gasteiger partial charge in [0.25, 0.3) is 0 Å². The largest absolute Gasteiger partial charge is 0.496 e. The summed E-state index contributed by atoms with van der Waals surface area (Å²) in [6, 6.07) is 8.49. The predicted octanol–water partition coefficient (Wildman–Crippen LogP) is 3.10. The highest BCUT2D eigenvalue weighted by atomic mass is 35.5. The number of imide groups is 1. The number of ether oxygens (including phenoxy) is 3. The molecule has 0 unspecified atom stereocenters. The van der Waals surface area contributed by atoms with Crippen LogP contribution in [0.15, 0.2) is 41.4 Å². The maximum absolute atomic E-state index is 13.8. The van der Waals surface area contributed by atoms with Gasteiger partial charge in [-0.15, -0.1) is 0 Å². The zero-order valence-electron chi connectivity index (χ0n) is 23.5. The van der Waals surface area contributed by atoms with Gasteiger partial charge in [-0.05, 0) is 54.3 Å². The summed E-state index contributed by atoms with van der Waals surface area (Å²) in [5, 5.41) is 15.8. The molecule has 0 radical (unpaired) electrons. The van der Waals surface area contributed by atoms with Crippen LogP contribution in [0, 0.1) is 5.92 Å². The number of carboxylic acids is 1. The zero-order valence-corrected chi connectivity index (χ0v) is 24.2. The number of amidine groups is 1. The third kappa shape index (κ3) is 8.09. The van der Waals surface area contributed by atoms with Crippen molar-refractivity contribution in [2.75, 3.05) is 46.7 Å². The Morgan fingerprint density at radius 1 is 1.20 bits per heavy atom. The molecule has 13 heteroatoms. The Morgan fingerprint density at radius 3 is 2.54 bits per heavy atom. The van der Waals surface area contributed by atoms with E-state index in [1.807, 2.05) is 6.92 Å². The summed E-state index contributed by atoms with van der Waals surface area (Å²) in [5.41, 5.74) is 7.30. The van der Waals surface area contributed by atoms with Crippen LogP contribution in [-0.2, 0) is 20.7 Å². The van der Waals surface area contributed by atoms with E-state index >= 15 is 0 Å². The average Bonchev–Trinajstić information content (AvgIpc) is 3.10. The van der Waals surface area contributed by atoms with E-state index in [0.29, 0.717) is 34.2 Å². The third-order valence-corrected chi connectivity index (χ3v) is 7.03. The highest BCUT2D eigenvalue weighted by molar-refractivity contribution is 6.30. The van der Waals surface area contributed by atoms with Crippen LogP contribution in [-0.4, -0.2) is 81.0 Å². The topological polar surface area (TPSA) is 165 Å². The van der Waals surface area contributed by atoms with Crippen molar-refractivity contribution in [2.24, 2.45) is 10.9 Å². The number of hydrogen-bond donors (Lipinski definition) is 4. The second kappa shape index (κ2) is 14.7. The van der Waals surface area contributed by atoms with Crippen molar-refractivity contribution in [2.45, 2.75) is 32.1 Å². The van der Waals surface area contributed by atoms with Gasteiger partial charge >= 0.3 is 12.0 Å². The summed E-state index contributed by atoms with van der Waals surface area (Å²) < 4.78 is 15.9. The molecule has 12 nitrogen and oxygen atoms in total. The maximum atomic E-state index is 13.8. The summed E-state index contributed by atoms with van der Waals surface area (Å²) >= 11 is 6.21. The lowest BCUT2D eigenvalue weighted by Gasteiger charge is -2.27. The van der Waals surface area contributed by atoms with Crippen LogP contribution in [0.25, 0.3) is 0 Å². The monoisotopic (exact) mass is 589 g/mol. The van der Waals surface area contributed by atoms with Crippen LogP contribution in [0.4, 0.5) is 10.5 Å². The Kier molecular flexibility index (Phi) is 11.3. The van der Waals surface area contributed by atoms with Crippen molar-refractivity contribution in [1.82, 2.24) is 15.5 Å². The lowest BCUT2D eigenvalue weighted by Crippen LogP contribution is -2.51. The smallest absolute Gasteiger partial charge is 0.337 e. The number of methoxy groups -OCH3 is 3. The number of carboxylic acid groups (broad SMARTS) is 1. The van der Waals surface area contributed by atoms with Crippen molar-refractivity contribution in [3.63, 3.8) is 0 Å². The van der Waals surface area contributed by atoms with E-state index in [1.54, 1.807) is 24.3 Å². The second-order valence-corrected chi connectivity index (χ2v) is 9.85. The van der Waals surface area contributed by atoms with E-state index in [1.165, 1.54) is 33.5 Å². The summed E-state index contributed by atoms with van der Waals surface area (Å²) in [7, 11) is 4.54. The Balaban J connectivity index is 1.89. The first-order valence-corrected chi connectivity index (χ1v) is 13.4. The molecule has 41 heavy (non-hydrogen) atoms. The minimum atomic E-state index is -1.15. The maximum Gasteiger partial charge on any atom is 0.337 e. The van der Waals surface area contributed by atoms with Gasteiger partial charge in [-0.3, -0.25) is 14.7 Å². The number of urea groups is 1. The molecule has 2 aromatic rings. The van der Waals surface area contributed by atoms with Gasteiger partial charge in [0.2, 0.25) is 5.91 Å². The standard InChI is InChI=1S/C28H36ClN5O7/c1-5-22(16-6-8-20(27(36)37)21(30)12-16)33-28(38)34-15-24(32-14-25(40-3)41-4)31-13-18(26(34)35)10-17-11-19(29)7-9-23(17)39-2/h6-9,11-12,18,22,25H,5,10,13-15,30H2,1-4H3,(H,31,32)(H,33,38)(H,36,37)/t18-,22+/m0/s1. The van der Waals surface area contributed by atoms with Gasteiger partial charge in [0.05, 0.1) is 44.3 Å². The Hall–Kier alpha value is -3.87. The van der Waals surface area contributed by atoms with Gasteiger partial charge in [-0.2, -0.15) is 0 Å². The summed E-state index contributed by atoms with van der Waals surface area (Å²) in [4.78, 5) is 44.5. The minimum absolute atomic E-state index is 0.0331. The van der Waals surface area contributed by atoms with Crippen molar-refractivity contribution in [3.8, 4) is 5.75 Å². The van der Waals surface area contributed by atoms with E-state index in [4.69, 9.17) is 31.5 Å². The molecule has 222 valence electrons. The number of nitrogens with one attached hydrogen (secondary N) is 2. The Morgan fingerprint density at radius 2 is 1.93 bits per heavy atom. The number of amides is 3. The first kappa shape index (κ1) is 31.7. The number of anilines is 1. The predicted molar refractivity (Wildman–Crippen MR) is 154 cm³/mol. The normalized spacial score (nSPS) is 16.1. The molecule has 2 atom stereocenters. The SMILES string of the molecule is CC[C@@H](NC(=O)N1CC(NCC(OC)OC)=NC[C@H](Cc2cc(Cl)ccc2OC)C1=O)c1ccc(C(=O)O)c(N)c1. The van der Waals surface area contributed by atoms with Crippen molar-refractivity contribution in [3.05, 3.63) is 58.1 Å². The van der Waals surface area contributed by atoms with Crippen LogP contribution in [0.2, 0.25) is 5.02 Å². The number of carbonyl (C=O) groups is 3. The van der Waals surface area contributed by atoms with Crippen LogP contribution in [0.3, 0.4) is 0 Å². The van der Waals surface area contributed by atoms with Crippen LogP contribution in [0.5, 0.6) is 5.75 Å². The quantitative estimate of drug-likeness (QED) is 0.228. The number of hydrogen-bond acceptors (Lipinski definition) is 9. The average molecular weight is 590 g/mol. The third-order valence-electron chi connectivity index (χ3n) is 6.79. The van der Waals surface area contributed by atoms with E-state index in [9.17, 15) is 19.5 Å². The number of aliphatic imine (C=N–C) groups is 1. The molecule has 0 bridgehead atoms. The molecular formula is C28H36ClN5O7. The summed E-state index contributed by atoms with van der Waals surface area (Å²) in [6.07, 6.45) is 0.145. The minimum Gasteiger partial charge on any atom is -0.496 e. The molecule has 0 saturated carbocycles. The van der Waals surface area contributed by atoms with Crippen molar-refractivity contribution < 1.29 is 33.7 Å². The van der Waals surface area contributed by atoms with Gasteiger partial charge in [0.15, 0.2) is 6.29 Å². The van der Waals surface area contributed by atoms with E-state index in [2.05, 4.69) is 15.6 Å². The van der Waals surface area contributed by atoms with Crippen molar-refractivity contribution >= 4 is 41.0 Å². The molecule has 3 amide bonds.